The first kappa shape index (κ1) is 16.4. The molecule has 0 saturated heterocycles. The Morgan fingerprint density at radius 2 is 1.96 bits per heavy atom. The smallest absolute Gasteiger partial charge is 0.213 e. The van der Waals surface area contributed by atoms with Gasteiger partial charge in [-0.2, -0.15) is 4.57 Å². The monoisotopic (exact) mass is 344 g/mol. The number of rotatable bonds is 5. The third kappa shape index (κ3) is 2.95. The van der Waals surface area contributed by atoms with Crippen molar-refractivity contribution in [3.05, 3.63) is 72.1 Å². The van der Waals surface area contributed by atoms with Crippen LogP contribution in [0.1, 0.15) is 11.3 Å². The number of ether oxygens (including phenoxy) is 1. The normalized spacial score (nSPS) is 11.6. The van der Waals surface area contributed by atoms with Crippen LogP contribution in [0.15, 0.2) is 60.8 Å². The van der Waals surface area contributed by atoms with Crippen LogP contribution in [-0.2, 0) is 6.54 Å². The van der Waals surface area contributed by atoms with Crippen LogP contribution >= 0.6 is 0 Å². The molecular weight excluding hydrogens is 322 g/mol. The molecular formula is C22H22N3O+. The fourth-order valence-electron chi connectivity index (χ4n) is 3.37. The number of hydrogen-bond donors (Lipinski definition) is 2. The van der Waals surface area contributed by atoms with E-state index in [2.05, 4.69) is 64.2 Å². The van der Waals surface area contributed by atoms with Crippen LogP contribution < -0.4 is 15.0 Å². The average molecular weight is 344 g/mol. The number of aromatic nitrogens is 2. The maximum absolute atomic E-state index is 5.87. The first-order valence-corrected chi connectivity index (χ1v) is 8.75. The first-order chi connectivity index (χ1) is 12.8. The summed E-state index contributed by atoms with van der Waals surface area (Å²) in [4.78, 5) is 3.31. The minimum absolute atomic E-state index is 0.587. The molecule has 0 amide bonds. The van der Waals surface area contributed by atoms with Gasteiger partial charge in [0.2, 0.25) is 11.2 Å². The number of nitrogens with two attached hydrogens (primary N) is 1. The van der Waals surface area contributed by atoms with Crippen LogP contribution in [0.2, 0.25) is 0 Å². The molecule has 4 rings (SSSR count). The number of pyridine rings is 1. The lowest BCUT2D eigenvalue weighted by Crippen LogP contribution is -2.41. The molecule has 0 aliphatic heterocycles. The molecule has 2 aromatic heterocycles. The molecule has 130 valence electrons. The second-order valence-electron chi connectivity index (χ2n) is 6.25. The molecule has 4 aromatic rings. The fraction of sp³-hybridized carbons (Fsp3) is 0.136. The van der Waals surface area contributed by atoms with Crippen molar-refractivity contribution in [2.75, 3.05) is 13.7 Å². The van der Waals surface area contributed by atoms with Crippen molar-refractivity contribution in [1.29, 1.82) is 0 Å². The van der Waals surface area contributed by atoms with Gasteiger partial charge in [-0.3, -0.25) is 0 Å². The van der Waals surface area contributed by atoms with E-state index in [1.54, 1.807) is 7.11 Å². The van der Waals surface area contributed by atoms with Gasteiger partial charge in [0.15, 0.2) is 6.54 Å². The standard InChI is InChI=1S/C22H21N3O/c1-26-19-10-11-22-16(14-19)6-8-18(25(22)13-12-23)9-7-17-15-24-21-5-3-2-4-20(17)21/h2-11,14-15H,12-13,23H2,1H3/p+1. The highest BCUT2D eigenvalue weighted by atomic mass is 16.5. The van der Waals surface area contributed by atoms with Gasteiger partial charge in [0.25, 0.3) is 0 Å². The van der Waals surface area contributed by atoms with E-state index in [9.17, 15) is 0 Å². The van der Waals surface area contributed by atoms with Crippen molar-refractivity contribution in [2.24, 2.45) is 5.73 Å². The molecule has 0 aliphatic carbocycles. The molecule has 0 bridgehead atoms. The van der Waals surface area contributed by atoms with Crippen molar-refractivity contribution in [1.82, 2.24) is 4.98 Å². The molecule has 4 heteroatoms. The first-order valence-electron chi connectivity index (χ1n) is 8.75. The van der Waals surface area contributed by atoms with Crippen LogP contribution in [0.25, 0.3) is 34.0 Å². The van der Waals surface area contributed by atoms with Gasteiger partial charge >= 0.3 is 0 Å². The van der Waals surface area contributed by atoms with E-state index in [1.165, 1.54) is 10.9 Å². The van der Waals surface area contributed by atoms with E-state index in [-0.39, 0.29) is 0 Å². The molecule has 3 N–H and O–H groups in total. The minimum atomic E-state index is 0.587. The lowest BCUT2D eigenvalue weighted by molar-refractivity contribution is -0.670. The Hall–Kier alpha value is -3.11. The summed E-state index contributed by atoms with van der Waals surface area (Å²) in [6, 6.07) is 18.7. The van der Waals surface area contributed by atoms with E-state index in [0.29, 0.717) is 6.54 Å². The summed E-state index contributed by atoms with van der Waals surface area (Å²) >= 11 is 0. The topological polar surface area (TPSA) is 54.9 Å². The third-order valence-corrected chi connectivity index (χ3v) is 4.68. The summed E-state index contributed by atoms with van der Waals surface area (Å²) < 4.78 is 7.59. The van der Waals surface area contributed by atoms with Crippen LogP contribution in [-0.4, -0.2) is 18.6 Å². The van der Waals surface area contributed by atoms with Crippen molar-refractivity contribution in [3.63, 3.8) is 0 Å². The van der Waals surface area contributed by atoms with Gasteiger partial charge in [-0.15, -0.1) is 0 Å². The number of nitrogens with one attached hydrogen (secondary N) is 1. The van der Waals surface area contributed by atoms with Crippen LogP contribution in [0, 0.1) is 0 Å². The highest BCUT2D eigenvalue weighted by Crippen LogP contribution is 2.21. The van der Waals surface area contributed by atoms with Crippen molar-refractivity contribution < 1.29 is 9.30 Å². The zero-order valence-electron chi connectivity index (χ0n) is 14.8. The van der Waals surface area contributed by atoms with Gasteiger partial charge in [-0.1, -0.05) is 18.2 Å². The molecule has 0 saturated carbocycles. The maximum atomic E-state index is 5.87. The third-order valence-electron chi connectivity index (χ3n) is 4.68. The largest absolute Gasteiger partial charge is 0.497 e. The second kappa shape index (κ2) is 7.02. The van der Waals surface area contributed by atoms with Gasteiger partial charge in [0.05, 0.1) is 19.0 Å². The second-order valence-corrected chi connectivity index (χ2v) is 6.25. The summed E-state index contributed by atoms with van der Waals surface area (Å²) in [6.07, 6.45) is 6.34. The summed E-state index contributed by atoms with van der Waals surface area (Å²) in [5, 5.41) is 2.36. The predicted octanol–water partition coefficient (Wildman–Crippen LogP) is 3.75. The molecule has 0 aliphatic rings. The summed E-state index contributed by atoms with van der Waals surface area (Å²) in [5.74, 6) is 0.860. The SMILES string of the molecule is COc1ccc2c(ccc(/C=C/c3c[nH]c4ccccc34)[n+]2CCN)c1. The Morgan fingerprint density at radius 3 is 2.81 bits per heavy atom. The van der Waals surface area contributed by atoms with Crippen molar-refractivity contribution >= 4 is 34.0 Å². The number of aromatic amines is 1. The number of fused-ring (bicyclic) bond motifs is 2. The van der Waals surface area contributed by atoms with Crippen LogP contribution in [0.3, 0.4) is 0 Å². The highest BCUT2D eigenvalue weighted by Gasteiger charge is 2.14. The van der Waals surface area contributed by atoms with E-state index >= 15 is 0 Å². The Labute approximate surface area is 152 Å². The van der Waals surface area contributed by atoms with E-state index in [4.69, 9.17) is 10.5 Å². The molecule has 0 fully saturated rings. The number of nitrogens with zero attached hydrogens (tertiary/aromatic N) is 1. The molecule has 0 radical (unpaired) electrons. The zero-order valence-corrected chi connectivity index (χ0v) is 14.8. The summed E-state index contributed by atoms with van der Waals surface area (Å²) in [7, 11) is 1.69. The van der Waals surface area contributed by atoms with E-state index < -0.39 is 0 Å². The molecule has 0 atom stereocenters. The summed E-state index contributed by atoms with van der Waals surface area (Å²) in [6.45, 7) is 1.35. The number of methoxy groups -OCH3 is 1. The highest BCUT2D eigenvalue weighted by molar-refractivity contribution is 5.91. The Balaban J connectivity index is 1.79. The number of para-hydroxylation sites is 1. The quantitative estimate of drug-likeness (QED) is 0.542. The molecule has 2 aromatic carbocycles. The van der Waals surface area contributed by atoms with Gasteiger partial charge in [0.1, 0.15) is 5.75 Å². The number of hydrogen-bond acceptors (Lipinski definition) is 2. The number of benzene rings is 2. The van der Waals surface area contributed by atoms with E-state index in [0.717, 1.165) is 34.4 Å². The Kier molecular flexibility index (Phi) is 4.42. The predicted molar refractivity (Wildman–Crippen MR) is 107 cm³/mol. The molecule has 0 unspecified atom stereocenters. The fourth-order valence-corrected chi connectivity index (χ4v) is 3.37. The van der Waals surface area contributed by atoms with E-state index in [1.807, 2.05) is 18.3 Å². The van der Waals surface area contributed by atoms with Gasteiger partial charge in [-0.05, 0) is 35.9 Å². The lowest BCUT2D eigenvalue weighted by Gasteiger charge is -2.06. The minimum Gasteiger partial charge on any atom is -0.497 e. The zero-order chi connectivity index (χ0) is 17.9. The molecule has 2 heterocycles. The van der Waals surface area contributed by atoms with Crippen molar-refractivity contribution in [2.45, 2.75) is 6.54 Å². The molecule has 4 nitrogen and oxygen atoms in total. The van der Waals surface area contributed by atoms with Gasteiger partial charge in [0, 0.05) is 35.3 Å². The Bertz CT molecular complexity index is 1100. The average Bonchev–Trinajstić information content (AvgIpc) is 3.10. The van der Waals surface area contributed by atoms with Gasteiger partial charge in [-0.25, -0.2) is 0 Å². The van der Waals surface area contributed by atoms with Crippen LogP contribution in [0.5, 0.6) is 5.75 Å². The maximum Gasteiger partial charge on any atom is 0.213 e. The Morgan fingerprint density at radius 1 is 1.08 bits per heavy atom. The number of H-pyrrole nitrogens is 1. The molecule has 26 heavy (non-hydrogen) atoms. The molecule has 0 spiro atoms. The van der Waals surface area contributed by atoms with Crippen LogP contribution in [0.4, 0.5) is 0 Å². The van der Waals surface area contributed by atoms with Gasteiger partial charge < -0.3 is 15.5 Å². The van der Waals surface area contributed by atoms with Crippen molar-refractivity contribution in [3.8, 4) is 5.75 Å². The summed E-state index contributed by atoms with van der Waals surface area (Å²) in [5.41, 5.74) is 10.5. The lowest BCUT2D eigenvalue weighted by atomic mass is 10.1.